The van der Waals surface area contributed by atoms with Crippen LogP contribution in [0.1, 0.15) is 90.1 Å². The number of piperazine rings is 1. The van der Waals surface area contributed by atoms with Crippen LogP contribution in [0.5, 0.6) is 11.5 Å². The van der Waals surface area contributed by atoms with E-state index in [9.17, 15) is 29.1 Å². The average Bonchev–Trinajstić information content (AvgIpc) is 2.06. The first-order valence-corrected chi connectivity index (χ1v) is 31.7. The van der Waals surface area contributed by atoms with E-state index < -0.39 is 52.6 Å². The monoisotopic (exact) mass is 1260 g/mol. The summed E-state index contributed by atoms with van der Waals surface area (Å²) in [5.74, 6) is -2.13. The van der Waals surface area contributed by atoms with Crippen molar-refractivity contribution in [1.82, 2.24) is 40.3 Å². The lowest BCUT2D eigenvalue weighted by Crippen LogP contribution is -2.56. The van der Waals surface area contributed by atoms with Crippen molar-refractivity contribution in [2.75, 3.05) is 103 Å². The zero-order valence-electron chi connectivity index (χ0n) is 51.1. The number of likely N-dealkylation sites (N-methyl/N-ethyl adjacent to an activating group) is 1. The number of nitrogens with zero attached hydrogens (tertiary/aromatic N) is 7. The zero-order chi connectivity index (χ0) is 63.4. The second-order valence-corrected chi connectivity index (χ2v) is 24.8. The minimum Gasteiger partial charge on any atom is -0.507 e. The predicted molar refractivity (Wildman–Crippen MR) is 339 cm³/mol. The molecular weight excluding hydrogens is 1190 g/mol. The van der Waals surface area contributed by atoms with Crippen molar-refractivity contribution in [3.05, 3.63) is 100 Å². The lowest BCUT2D eigenvalue weighted by atomic mass is 9.83. The maximum absolute atomic E-state index is 16.5. The number of hydrogen-bond donors (Lipinski definition) is 4. The van der Waals surface area contributed by atoms with E-state index in [-0.39, 0.29) is 76.5 Å². The van der Waals surface area contributed by atoms with Gasteiger partial charge < -0.3 is 54.7 Å². The highest BCUT2D eigenvalue weighted by molar-refractivity contribution is 7.10. The molecule has 3 aliphatic rings. The molecule has 2 aliphatic heterocycles. The normalized spacial score (nSPS) is 16.3. The number of likely N-dealkylation sites (tertiary alicyclic amines) is 1. The number of carbonyl (C=O) groups excluding carboxylic acids is 5. The van der Waals surface area contributed by atoms with Gasteiger partial charge in [-0.1, -0.05) is 67.8 Å². The molecule has 24 heteroatoms. The molecule has 6 aromatic rings. The maximum Gasteiger partial charge on any atom is 0.410 e. The van der Waals surface area contributed by atoms with Gasteiger partial charge in [-0.25, -0.2) is 23.5 Å². The number of aromatic nitrogens is 3. The molecule has 0 unspecified atom stereocenters. The quantitative estimate of drug-likeness (QED) is 0.0292. The molecule has 3 atom stereocenters. The van der Waals surface area contributed by atoms with E-state index in [1.54, 1.807) is 32.6 Å². The van der Waals surface area contributed by atoms with Crippen LogP contribution in [-0.4, -0.2) is 174 Å². The fourth-order valence-electron chi connectivity index (χ4n) is 11.5. The van der Waals surface area contributed by atoms with Gasteiger partial charge in [-0.05, 0) is 101 Å². The Morgan fingerprint density at radius 2 is 1.58 bits per heavy atom. The van der Waals surface area contributed by atoms with Gasteiger partial charge in [0.2, 0.25) is 23.7 Å². The van der Waals surface area contributed by atoms with Gasteiger partial charge in [-0.15, -0.1) is 11.3 Å². The number of halogens is 3. The van der Waals surface area contributed by atoms with E-state index in [1.165, 1.54) is 47.6 Å². The van der Waals surface area contributed by atoms with E-state index in [1.807, 2.05) is 51.6 Å². The molecule has 4 aromatic carbocycles. The number of benzene rings is 4. The topological polar surface area (TPSA) is 230 Å². The number of aromatic hydroxyl groups is 1. The third-order valence-corrected chi connectivity index (χ3v) is 17.5. The Kier molecular flexibility index (Phi) is 22.4. The molecule has 0 spiro atoms. The predicted octanol–water partition coefficient (Wildman–Crippen LogP) is 10.1. The Hall–Kier alpha value is -7.57. The molecule has 4 heterocycles. The van der Waals surface area contributed by atoms with Crippen molar-refractivity contribution < 1.29 is 56.8 Å². The Morgan fingerprint density at radius 3 is 2.31 bits per heavy atom. The van der Waals surface area contributed by atoms with Crippen LogP contribution in [0.4, 0.5) is 25.3 Å². The molecule has 1 saturated carbocycles. The number of amides is 4. The van der Waals surface area contributed by atoms with Crippen molar-refractivity contribution in [1.29, 1.82) is 0 Å². The molecule has 9 rings (SSSR count). The standard InChI is InChI=1S/C65H79ClF2N10O10S/c1-7-53(81)76-28-30-77(31-29-76)59-46-37-47(66)54(55-48(67)19-13-21-51(55)80)56(68)58(46)73-63(74-59)70-25-24-42(79)38-69-26-32-85-33-34-86-35-36-87-52-23-22-44(43-17-11-12-18-45(43)52)49-39-89-61(71-49)50-20-14-27-78(50)62(83)57(41-15-9-8-10-16-41)72-60(82)40(2)75(6)64(84)88-65(3,4)5/h7,11-13,17-19,21-23,37,39-41,50,57,69,80H,1,8-10,14-16,20,24-36,38H2,2-6H3,(H,72,82)(H,70,73,74)/t40-,50-,57-/m0/s1. The van der Waals surface area contributed by atoms with E-state index in [4.69, 9.17) is 35.5 Å². The number of rotatable bonds is 26. The Bertz CT molecular complexity index is 3500. The number of phenolic OH excluding ortho intramolecular Hbond substituents is 1. The van der Waals surface area contributed by atoms with Crippen LogP contribution in [0.3, 0.4) is 0 Å². The summed E-state index contributed by atoms with van der Waals surface area (Å²) >= 11 is 8.12. The Labute approximate surface area is 526 Å². The summed E-state index contributed by atoms with van der Waals surface area (Å²) in [4.78, 5) is 87.5. The van der Waals surface area contributed by atoms with Crippen molar-refractivity contribution in [2.24, 2.45) is 5.92 Å². The summed E-state index contributed by atoms with van der Waals surface area (Å²) in [7, 11) is 1.54. The first-order valence-electron chi connectivity index (χ1n) is 30.4. The lowest BCUT2D eigenvalue weighted by molar-refractivity contribution is -0.140. The number of thiazole rings is 1. The first-order chi connectivity index (χ1) is 42.8. The van der Waals surface area contributed by atoms with Crippen molar-refractivity contribution in [3.63, 3.8) is 0 Å². The Balaban J connectivity index is 0.711. The summed E-state index contributed by atoms with van der Waals surface area (Å²) < 4.78 is 54.9. The van der Waals surface area contributed by atoms with Crippen LogP contribution >= 0.6 is 22.9 Å². The third-order valence-electron chi connectivity index (χ3n) is 16.3. The van der Waals surface area contributed by atoms with Crippen LogP contribution in [0.25, 0.3) is 44.1 Å². The molecule has 4 N–H and O–H groups in total. The van der Waals surface area contributed by atoms with Crippen molar-refractivity contribution in [3.8, 4) is 33.9 Å². The van der Waals surface area contributed by atoms with Gasteiger partial charge in [0.25, 0.3) is 0 Å². The van der Waals surface area contributed by atoms with Gasteiger partial charge in [0.1, 0.15) is 63.7 Å². The third kappa shape index (κ3) is 16.3. The molecule has 3 fully saturated rings. The fraction of sp³-hybridized carbons (Fsp3) is 0.477. The second kappa shape index (κ2) is 30.3. The highest BCUT2D eigenvalue weighted by Crippen LogP contribution is 2.44. The molecule has 2 aromatic heterocycles. The van der Waals surface area contributed by atoms with E-state index in [0.29, 0.717) is 83.9 Å². The highest BCUT2D eigenvalue weighted by Gasteiger charge is 2.41. The second-order valence-electron chi connectivity index (χ2n) is 23.5. The van der Waals surface area contributed by atoms with Gasteiger partial charge in [0, 0.05) is 86.6 Å². The number of hydrogen-bond acceptors (Lipinski definition) is 17. The molecule has 20 nitrogen and oxygen atoms in total. The molecule has 0 bridgehead atoms. The maximum atomic E-state index is 16.5. The van der Waals surface area contributed by atoms with Crippen LogP contribution in [0.15, 0.2) is 78.7 Å². The van der Waals surface area contributed by atoms with Crippen molar-refractivity contribution >= 4 is 86.0 Å². The SMILES string of the molecule is C=CC(=O)N1CCN(c2nc(NCCC(=O)CNCCOCCOCCOc3ccc(-c4csc([C@@H]5CCCN5C(=O)[C@@H](NC(=O)[C@H](C)N(C)C(=O)OC(C)(C)C)C5CCCCC5)n4)c4ccccc34)nc3c(F)c(-c4c(O)cccc4F)c(Cl)cc23)CC1. The molecule has 0 radical (unpaired) electrons. The van der Waals surface area contributed by atoms with E-state index >= 15 is 8.78 Å². The van der Waals surface area contributed by atoms with Gasteiger partial charge in [0.15, 0.2) is 5.82 Å². The Morgan fingerprint density at radius 1 is 0.854 bits per heavy atom. The number of phenols is 1. The van der Waals surface area contributed by atoms with E-state index in [0.717, 1.165) is 78.0 Å². The molecule has 476 valence electrons. The highest BCUT2D eigenvalue weighted by atomic mass is 35.5. The molecular formula is C65H79ClF2N10O10S. The summed E-state index contributed by atoms with van der Waals surface area (Å²) in [5, 5.41) is 24.6. The molecule has 89 heavy (non-hydrogen) atoms. The lowest BCUT2D eigenvalue weighted by Gasteiger charge is -2.36. The van der Waals surface area contributed by atoms with Crippen LogP contribution in [-0.2, 0) is 33.4 Å². The summed E-state index contributed by atoms with van der Waals surface area (Å²) in [6.45, 7) is 14.7. The number of ketones is 1. The summed E-state index contributed by atoms with van der Waals surface area (Å²) in [6.07, 6.45) is 7.03. The van der Waals surface area contributed by atoms with E-state index in [2.05, 4.69) is 32.5 Å². The largest absolute Gasteiger partial charge is 0.507 e. The van der Waals surface area contributed by atoms with Gasteiger partial charge >= 0.3 is 6.09 Å². The smallest absolute Gasteiger partial charge is 0.410 e. The number of fused-ring (bicyclic) bond motifs is 2. The van der Waals surface area contributed by atoms with Crippen LogP contribution in [0, 0.1) is 17.6 Å². The average molecular weight is 1270 g/mol. The molecule has 1 aliphatic carbocycles. The number of anilines is 2. The molecule has 2 saturated heterocycles. The summed E-state index contributed by atoms with van der Waals surface area (Å²) in [5.41, 5.74) is 0.0722. The van der Waals surface area contributed by atoms with Gasteiger partial charge in [-0.2, -0.15) is 4.98 Å². The number of ether oxygens (including phenoxy) is 4. The number of carbonyl (C=O) groups is 5. The van der Waals surface area contributed by atoms with Crippen LogP contribution < -0.4 is 25.6 Å². The van der Waals surface area contributed by atoms with Gasteiger partial charge in [-0.3, -0.25) is 24.1 Å². The zero-order valence-corrected chi connectivity index (χ0v) is 52.7. The fourth-order valence-corrected chi connectivity index (χ4v) is 12.8. The molecule has 4 amide bonds. The minimum atomic E-state index is -0.963. The first kappa shape index (κ1) is 65.9. The van der Waals surface area contributed by atoms with Gasteiger partial charge in [0.05, 0.1) is 55.3 Å². The number of Topliss-reactive ketones (excluding diaryl/α,β-unsaturated/α-hetero) is 1. The minimum absolute atomic E-state index is 0.0160. The summed E-state index contributed by atoms with van der Waals surface area (Å²) in [6, 6.07) is 15.2. The van der Waals surface area contributed by atoms with Crippen molar-refractivity contribution in [2.45, 2.75) is 103 Å². The van der Waals surface area contributed by atoms with Crippen LogP contribution in [0.2, 0.25) is 5.02 Å². The number of nitrogens with one attached hydrogen (secondary N) is 3.